The quantitative estimate of drug-likeness (QED) is 0.608. The van der Waals surface area contributed by atoms with Crippen molar-refractivity contribution in [1.29, 1.82) is 0 Å². The van der Waals surface area contributed by atoms with Crippen LogP contribution in [0.1, 0.15) is 11.1 Å². The van der Waals surface area contributed by atoms with Crippen molar-refractivity contribution in [2.45, 2.75) is 6.92 Å². The van der Waals surface area contributed by atoms with Crippen molar-refractivity contribution in [1.82, 2.24) is 10.2 Å². The number of nitrogens with zero attached hydrogens (tertiary/aromatic N) is 1. The van der Waals surface area contributed by atoms with Crippen LogP contribution in [0.4, 0.5) is 5.69 Å². The number of carbonyl (C=O) groups is 1. The maximum atomic E-state index is 11.5. The summed E-state index contributed by atoms with van der Waals surface area (Å²) < 4.78 is 0. The number of hydrogen-bond donors (Lipinski definition) is 2. The number of nitrogens with one attached hydrogen (secondary N) is 1. The van der Waals surface area contributed by atoms with Gasteiger partial charge in [-0.15, -0.1) is 0 Å². The highest BCUT2D eigenvalue weighted by molar-refractivity contribution is 5.91. The van der Waals surface area contributed by atoms with Crippen molar-refractivity contribution < 1.29 is 4.79 Å². The third-order valence-electron chi connectivity index (χ3n) is 2.59. The van der Waals surface area contributed by atoms with Crippen molar-refractivity contribution in [2.75, 3.05) is 32.9 Å². The van der Waals surface area contributed by atoms with Crippen LogP contribution >= 0.6 is 0 Å². The molecule has 0 radical (unpaired) electrons. The molecule has 98 valence electrons. The highest BCUT2D eigenvalue weighted by atomic mass is 16.1. The van der Waals surface area contributed by atoms with Gasteiger partial charge in [0.2, 0.25) is 5.91 Å². The molecule has 18 heavy (non-hydrogen) atoms. The third-order valence-corrected chi connectivity index (χ3v) is 2.59. The molecule has 0 aliphatic rings. The number of carbonyl (C=O) groups excluding carboxylic acids is 1. The van der Waals surface area contributed by atoms with Gasteiger partial charge in [-0.25, -0.2) is 0 Å². The number of nitrogen functional groups attached to an aromatic ring is 1. The zero-order valence-electron chi connectivity index (χ0n) is 11.2. The first-order chi connectivity index (χ1) is 8.49. The van der Waals surface area contributed by atoms with E-state index in [0.717, 1.165) is 23.4 Å². The maximum Gasteiger partial charge on any atom is 0.244 e. The molecule has 1 amide bonds. The molecule has 0 saturated carbocycles. The van der Waals surface area contributed by atoms with Crippen molar-refractivity contribution in [3.63, 3.8) is 0 Å². The minimum Gasteiger partial charge on any atom is -0.398 e. The standard InChI is InChI=1S/C14H21N3O/c1-11-4-5-12(10-13(11)15)6-7-14(18)16-8-9-17(2)3/h4-7,10H,8-9,15H2,1-3H3,(H,16,18)/b7-6+. The van der Waals surface area contributed by atoms with E-state index in [2.05, 4.69) is 5.32 Å². The van der Waals surface area contributed by atoms with Gasteiger partial charge in [0.05, 0.1) is 0 Å². The average Bonchev–Trinajstić information content (AvgIpc) is 2.30. The summed E-state index contributed by atoms with van der Waals surface area (Å²) in [5, 5.41) is 2.81. The largest absolute Gasteiger partial charge is 0.398 e. The van der Waals surface area contributed by atoms with Gasteiger partial charge in [0.25, 0.3) is 0 Å². The first kappa shape index (κ1) is 14.3. The van der Waals surface area contributed by atoms with Gasteiger partial charge in [0, 0.05) is 24.9 Å². The fraction of sp³-hybridized carbons (Fsp3) is 0.357. The van der Waals surface area contributed by atoms with Gasteiger partial charge in [-0.05, 0) is 44.3 Å². The fourth-order valence-corrected chi connectivity index (χ4v) is 1.40. The predicted octanol–water partition coefficient (Wildman–Crippen LogP) is 1.27. The lowest BCUT2D eigenvalue weighted by molar-refractivity contribution is -0.116. The Bertz CT molecular complexity index is 439. The Hall–Kier alpha value is -1.81. The molecule has 0 saturated heterocycles. The lowest BCUT2D eigenvalue weighted by atomic mass is 10.1. The predicted molar refractivity (Wildman–Crippen MR) is 76.2 cm³/mol. The molecule has 0 aliphatic carbocycles. The summed E-state index contributed by atoms with van der Waals surface area (Å²) in [6.45, 7) is 3.43. The number of likely N-dealkylation sites (N-methyl/N-ethyl adjacent to an activating group) is 1. The molecule has 1 rings (SSSR count). The Morgan fingerprint density at radius 3 is 2.78 bits per heavy atom. The van der Waals surface area contributed by atoms with E-state index in [1.807, 2.05) is 44.1 Å². The van der Waals surface area contributed by atoms with Gasteiger partial charge in [0.15, 0.2) is 0 Å². The van der Waals surface area contributed by atoms with Crippen LogP contribution in [0.2, 0.25) is 0 Å². The van der Waals surface area contributed by atoms with E-state index in [-0.39, 0.29) is 5.91 Å². The second-order valence-electron chi connectivity index (χ2n) is 4.54. The van der Waals surface area contributed by atoms with Gasteiger partial charge in [-0.1, -0.05) is 12.1 Å². The molecule has 4 heteroatoms. The normalized spacial score (nSPS) is 11.1. The van der Waals surface area contributed by atoms with E-state index in [0.29, 0.717) is 6.54 Å². The number of rotatable bonds is 5. The van der Waals surface area contributed by atoms with Crippen LogP contribution in [0.5, 0.6) is 0 Å². The average molecular weight is 247 g/mol. The number of hydrogen-bond acceptors (Lipinski definition) is 3. The molecule has 0 fully saturated rings. The van der Waals surface area contributed by atoms with Crippen molar-refractivity contribution in [3.05, 3.63) is 35.4 Å². The lowest BCUT2D eigenvalue weighted by Gasteiger charge is -2.08. The topological polar surface area (TPSA) is 58.4 Å². The number of amides is 1. The minimum atomic E-state index is -0.0870. The molecular weight excluding hydrogens is 226 g/mol. The molecule has 0 atom stereocenters. The summed E-state index contributed by atoms with van der Waals surface area (Å²) in [5.41, 5.74) is 8.52. The molecule has 4 nitrogen and oxygen atoms in total. The van der Waals surface area contributed by atoms with Gasteiger partial charge in [-0.3, -0.25) is 4.79 Å². The second kappa shape index (κ2) is 6.81. The Balaban J connectivity index is 2.48. The first-order valence-electron chi connectivity index (χ1n) is 5.96. The Labute approximate surface area is 108 Å². The van der Waals surface area contributed by atoms with Gasteiger partial charge < -0.3 is 16.0 Å². The molecule has 0 aliphatic heterocycles. The zero-order chi connectivity index (χ0) is 13.5. The van der Waals surface area contributed by atoms with E-state index in [9.17, 15) is 4.79 Å². The van der Waals surface area contributed by atoms with Crippen LogP contribution in [-0.4, -0.2) is 38.0 Å². The van der Waals surface area contributed by atoms with Crippen molar-refractivity contribution in [3.8, 4) is 0 Å². The Morgan fingerprint density at radius 1 is 1.44 bits per heavy atom. The number of benzene rings is 1. The summed E-state index contributed by atoms with van der Waals surface area (Å²) in [5.74, 6) is -0.0870. The molecule has 1 aromatic carbocycles. The molecule has 0 aromatic heterocycles. The number of aryl methyl sites for hydroxylation is 1. The minimum absolute atomic E-state index is 0.0870. The van der Waals surface area contributed by atoms with E-state index < -0.39 is 0 Å². The van der Waals surface area contributed by atoms with Crippen LogP contribution < -0.4 is 11.1 Å². The molecule has 0 heterocycles. The molecule has 0 bridgehead atoms. The van der Waals surface area contributed by atoms with Crippen molar-refractivity contribution in [2.24, 2.45) is 0 Å². The van der Waals surface area contributed by atoms with Crippen LogP contribution in [0.3, 0.4) is 0 Å². The Kier molecular flexibility index (Phi) is 5.39. The van der Waals surface area contributed by atoms with Crippen LogP contribution in [0, 0.1) is 6.92 Å². The van der Waals surface area contributed by atoms with E-state index >= 15 is 0 Å². The number of nitrogens with two attached hydrogens (primary N) is 1. The smallest absolute Gasteiger partial charge is 0.244 e. The van der Waals surface area contributed by atoms with E-state index in [1.54, 1.807) is 6.08 Å². The van der Waals surface area contributed by atoms with Crippen molar-refractivity contribution >= 4 is 17.7 Å². The summed E-state index contributed by atoms with van der Waals surface area (Å²) in [4.78, 5) is 13.5. The van der Waals surface area contributed by atoms with Crippen LogP contribution in [-0.2, 0) is 4.79 Å². The fourth-order valence-electron chi connectivity index (χ4n) is 1.40. The SMILES string of the molecule is Cc1ccc(/C=C/C(=O)NCCN(C)C)cc1N. The summed E-state index contributed by atoms with van der Waals surface area (Å²) in [6.07, 6.45) is 3.29. The molecular formula is C14H21N3O. The van der Waals surface area contributed by atoms with Gasteiger partial charge >= 0.3 is 0 Å². The molecule has 3 N–H and O–H groups in total. The highest BCUT2D eigenvalue weighted by Crippen LogP contribution is 2.13. The zero-order valence-corrected chi connectivity index (χ0v) is 11.2. The van der Waals surface area contributed by atoms with Crippen LogP contribution in [0.25, 0.3) is 6.08 Å². The molecule has 0 unspecified atom stereocenters. The highest BCUT2D eigenvalue weighted by Gasteiger charge is 1.97. The Morgan fingerprint density at radius 2 is 2.17 bits per heavy atom. The summed E-state index contributed by atoms with van der Waals surface area (Å²) in [6, 6.07) is 5.74. The monoisotopic (exact) mass is 247 g/mol. The molecule has 0 spiro atoms. The van der Waals surface area contributed by atoms with Gasteiger partial charge in [0.1, 0.15) is 0 Å². The van der Waals surface area contributed by atoms with E-state index in [4.69, 9.17) is 5.73 Å². The first-order valence-corrected chi connectivity index (χ1v) is 5.96. The summed E-state index contributed by atoms with van der Waals surface area (Å²) >= 11 is 0. The van der Waals surface area contributed by atoms with Gasteiger partial charge in [-0.2, -0.15) is 0 Å². The molecule has 1 aromatic rings. The van der Waals surface area contributed by atoms with E-state index in [1.165, 1.54) is 6.08 Å². The lowest BCUT2D eigenvalue weighted by Crippen LogP contribution is -2.30. The van der Waals surface area contributed by atoms with Crippen LogP contribution in [0.15, 0.2) is 24.3 Å². The summed E-state index contributed by atoms with van der Waals surface area (Å²) in [7, 11) is 3.94. The third kappa shape index (κ3) is 5.01. The second-order valence-corrected chi connectivity index (χ2v) is 4.54. The maximum absolute atomic E-state index is 11.5. The number of anilines is 1.